The van der Waals surface area contributed by atoms with Gasteiger partial charge in [-0.1, -0.05) is 11.6 Å². The van der Waals surface area contributed by atoms with Crippen LogP contribution in [0.5, 0.6) is 0 Å². The Morgan fingerprint density at radius 1 is 1.36 bits per heavy atom. The predicted molar refractivity (Wildman–Crippen MR) is 83.7 cm³/mol. The second kappa shape index (κ2) is 6.91. The topological polar surface area (TPSA) is 92.6 Å². The Morgan fingerprint density at radius 2 is 2.00 bits per heavy atom. The molecule has 2 rings (SSSR count). The van der Waals surface area contributed by atoms with Crippen molar-refractivity contribution in [1.82, 2.24) is 9.62 Å². The number of nitrogens with zero attached hydrogens (tertiary/aromatic N) is 2. The number of hydrogen-bond acceptors (Lipinski definition) is 5. The van der Waals surface area contributed by atoms with E-state index in [1.165, 1.54) is 13.0 Å². The zero-order valence-electron chi connectivity index (χ0n) is 12.2. The van der Waals surface area contributed by atoms with Crippen LogP contribution in [0.4, 0.5) is 5.69 Å². The van der Waals surface area contributed by atoms with E-state index in [0.717, 1.165) is 32.0 Å². The van der Waals surface area contributed by atoms with Gasteiger partial charge in [0.05, 0.1) is 14.8 Å². The molecule has 0 aromatic heterocycles. The molecule has 0 unspecified atom stereocenters. The average Bonchev–Trinajstić information content (AvgIpc) is 2.94. The van der Waals surface area contributed by atoms with Gasteiger partial charge in [0.25, 0.3) is 5.69 Å². The van der Waals surface area contributed by atoms with Crippen molar-refractivity contribution in [1.29, 1.82) is 0 Å². The molecule has 7 nitrogen and oxygen atoms in total. The summed E-state index contributed by atoms with van der Waals surface area (Å²) in [6, 6.07) is 2.28. The lowest BCUT2D eigenvalue weighted by atomic mass is 10.2. The van der Waals surface area contributed by atoms with Gasteiger partial charge in [0.1, 0.15) is 0 Å². The van der Waals surface area contributed by atoms with Crippen LogP contribution in [0.1, 0.15) is 18.4 Å². The van der Waals surface area contributed by atoms with Crippen molar-refractivity contribution < 1.29 is 13.3 Å². The van der Waals surface area contributed by atoms with Crippen LogP contribution < -0.4 is 4.72 Å². The van der Waals surface area contributed by atoms with Crippen molar-refractivity contribution in [2.75, 3.05) is 26.2 Å². The van der Waals surface area contributed by atoms with Gasteiger partial charge >= 0.3 is 0 Å². The lowest BCUT2D eigenvalue weighted by Gasteiger charge is -2.15. The first kappa shape index (κ1) is 17.1. The minimum atomic E-state index is -3.81. The zero-order valence-corrected chi connectivity index (χ0v) is 13.8. The molecule has 0 aliphatic carbocycles. The fourth-order valence-electron chi connectivity index (χ4n) is 2.41. The van der Waals surface area contributed by atoms with Crippen LogP contribution in [-0.2, 0) is 10.0 Å². The van der Waals surface area contributed by atoms with Crippen LogP contribution in [0.15, 0.2) is 17.0 Å². The van der Waals surface area contributed by atoms with Gasteiger partial charge < -0.3 is 4.90 Å². The van der Waals surface area contributed by atoms with Crippen LogP contribution in [0.25, 0.3) is 0 Å². The molecule has 0 saturated carbocycles. The van der Waals surface area contributed by atoms with E-state index in [9.17, 15) is 18.5 Å². The summed E-state index contributed by atoms with van der Waals surface area (Å²) in [6.07, 6.45) is 2.26. The average molecular weight is 348 g/mol. The largest absolute Gasteiger partial charge is 0.302 e. The van der Waals surface area contributed by atoms with Gasteiger partial charge in [0.15, 0.2) is 0 Å². The molecule has 1 aliphatic rings. The minimum absolute atomic E-state index is 0.0640. The molecular formula is C13H18ClN3O4S. The maximum absolute atomic E-state index is 12.2. The molecule has 0 bridgehead atoms. The number of rotatable bonds is 6. The van der Waals surface area contributed by atoms with Crippen molar-refractivity contribution in [3.05, 3.63) is 32.8 Å². The van der Waals surface area contributed by atoms with Crippen LogP contribution in [0.3, 0.4) is 0 Å². The Hall–Kier alpha value is -1.22. The van der Waals surface area contributed by atoms with Crippen molar-refractivity contribution >= 4 is 27.3 Å². The van der Waals surface area contributed by atoms with Crippen molar-refractivity contribution in [3.63, 3.8) is 0 Å². The quantitative estimate of drug-likeness (QED) is 0.627. The van der Waals surface area contributed by atoms with Gasteiger partial charge in [-0.3, -0.25) is 10.1 Å². The standard InChI is InChI=1S/C13H18ClN3O4S/c1-10-12(14)8-11(9-13(10)17(18)19)22(20,21)15-4-7-16-5-2-3-6-16/h8-9,15H,2-7H2,1H3. The van der Waals surface area contributed by atoms with E-state index in [1.54, 1.807) is 0 Å². The van der Waals surface area contributed by atoms with E-state index in [4.69, 9.17) is 11.6 Å². The number of halogens is 1. The fourth-order valence-corrected chi connectivity index (χ4v) is 3.76. The second-order valence-corrected chi connectivity index (χ2v) is 7.43. The summed E-state index contributed by atoms with van der Waals surface area (Å²) in [5, 5.41) is 11.0. The van der Waals surface area contributed by atoms with E-state index < -0.39 is 14.9 Å². The van der Waals surface area contributed by atoms with Crippen molar-refractivity contribution in [2.24, 2.45) is 0 Å². The Bertz CT molecular complexity index is 672. The Balaban J connectivity index is 2.12. The molecule has 22 heavy (non-hydrogen) atoms. The van der Waals surface area contributed by atoms with Gasteiger partial charge in [-0.05, 0) is 38.9 Å². The van der Waals surface area contributed by atoms with Gasteiger partial charge in [-0.25, -0.2) is 13.1 Å². The molecule has 1 saturated heterocycles. The molecular weight excluding hydrogens is 330 g/mol. The summed E-state index contributed by atoms with van der Waals surface area (Å²) >= 11 is 5.90. The highest BCUT2D eigenvalue weighted by molar-refractivity contribution is 7.89. The van der Waals surface area contributed by atoms with E-state index in [1.807, 2.05) is 0 Å². The monoisotopic (exact) mass is 347 g/mol. The molecule has 0 radical (unpaired) electrons. The third-order valence-electron chi connectivity index (χ3n) is 3.72. The molecule has 1 aromatic rings. The summed E-state index contributed by atoms with van der Waals surface area (Å²) in [6.45, 7) is 4.33. The smallest absolute Gasteiger partial charge is 0.275 e. The minimum Gasteiger partial charge on any atom is -0.302 e. The molecule has 9 heteroatoms. The maximum Gasteiger partial charge on any atom is 0.275 e. The summed E-state index contributed by atoms with van der Waals surface area (Å²) in [4.78, 5) is 12.3. The normalized spacial score (nSPS) is 16.1. The molecule has 1 aromatic carbocycles. The zero-order chi connectivity index (χ0) is 16.3. The number of nitro groups is 1. The molecule has 1 fully saturated rings. The Labute approximate surface area is 134 Å². The van der Waals surface area contributed by atoms with Gasteiger partial charge in [-0.15, -0.1) is 0 Å². The molecule has 1 N–H and O–H groups in total. The van der Waals surface area contributed by atoms with Gasteiger partial charge in [0, 0.05) is 24.7 Å². The van der Waals surface area contributed by atoms with E-state index in [2.05, 4.69) is 9.62 Å². The molecule has 122 valence electrons. The van der Waals surface area contributed by atoms with Crippen molar-refractivity contribution in [3.8, 4) is 0 Å². The summed E-state index contributed by atoms with van der Waals surface area (Å²) in [5.41, 5.74) is -0.0462. The third kappa shape index (κ3) is 3.95. The molecule has 0 spiro atoms. The molecule has 0 amide bonds. The molecule has 1 aliphatic heterocycles. The predicted octanol–water partition coefficient (Wildman–Crippen LogP) is 1.93. The van der Waals surface area contributed by atoms with Gasteiger partial charge in [0.2, 0.25) is 10.0 Å². The molecule has 1 heterocycles. The summed E-state index contributed by atoms with van der Waals surface area (Å²) in [5.74, 6) is 0. The number of likely N-dealkylation sites (tertiary alicyclic amines) is 1. The molecule has 0 atom stereocenters. The highest BCUT2D eigenvalue weighted by atomic mass is 35.5. The van der Waals surface area contributed by atoms with Crippen LogP contribution in [0, 0.1) is 17.0 Å². The van der Waals surface area contributed by atoms with Gasteiger partial charge in [-0.2, -0.15) is 0 Å². The summed E-state index contributed by atoms with van der Waals surface area (Å²) < 4.78 is 26.9. The lowest BCUT2D eigenvalue weighted by Crippen LogP contribution is -2.33. The Kier molecular flexibility index (Phi) is 5.38. The maximum atomic E-state index is 12.2. The van der Waals surface area contributed by atoms with Crippen LogP contribution >= 0.6 is 11.6 Å². The first-order chi connectivity index (χ1) is 10.3. The second-order valence-electron chi connectivity index (χ2n) is 5.25. The van der Waals surface area contributed by atoms with E-state index in [0.29, 0.717) is 6.54 Å². The number of nitro benzene ring substituents is 1. The number of hydrogen-bond donors (Lipinski definition) is 1. The fraction of sp³-hybridized carbons (Fsp3) is 0.538. The first-order valence-corrected chi connectivity index (χ1v) is 8.84. The third-order valence-corrected chi connectivity index (χ3v) is 5.55. The highest BCUT2D eigenvalue weighted by Gasteiger charge is 2.22. The number of benzene rings is 1. The lowest BCUT2D eigenvalue weighted by molar-refractivity contribution is -0.385. The van der Waals surface area contributed by atoms with E-state index in [-0.39, 0.29) is 27.7 Å². The van der Waals surface area contributed by atoms with Crippen molar-refractivity contribution in [2.45, 2.75) is 24.7 Å². The van der Waals surface area contributed by atoms with Crippen LogP contribution in [0.2, 0.25) is 5.02 Å². The number of sulfonamides is 1. The van der Waals surface area contributed by atoms with E-state index >= 15 is 0 Å². The first-order valence-electron chi connectivity index (χ1n) is 6.98. The number of nitrogens with one attached hydrogen (secondary N) is 1. The summed E-state index contributed by atoms with van der Waals surface area (Å²) in [7, 11) is -3.81. The highest BCUT2D eigenvalue weighted by Crippen LogP contribution is 2.29. The van der Waals surface area contributed by atoms with Crippen LogP contribution in [-0.4, -0.2) is 44.4 Å². The Morgan fingerprint density at radius 3 is 2.59 bits per heavy atom. The SMILES string of the molecule is Cc1c(Cl)cc(S(=O)(=O)NCCN2CCCC2)cc1[N+](=O)[O-].